The Balaban J connectivity index is 2.05. The van der Waals surface area contributed by atoms with E-state index in [2.05, 4.69) is 42.5 Å². The van der Waals surface area contributed by atoms with Gasteiger partial charge in [0.15, 0.2) is 0 Å². The number of hydrogen-bond donors (Lipinski definition) is 1. The molecule has 1 heteroatoms. The average Bonchev–Trinajstić information content (AvgIpc) is 2.75. The predicted molar refractivity (Wildman–Crippen MR) is 70.1 cm³/mol. The van der Waals surface area contributed by atoms with Crippen molar-refractivity contribution >= 4 is 0 Å². The molecule has 0 unspecified atom stereocenters. The summed E-state index contributed by atoms with van der Waals surface area (Å²) in [4.78, 5) is 0. The average molecular weight is 224 g/mol. The highest BCUT2D eigenvalue weighted by molar-refractivity contribution is 5.77. The van der Waals surface area contributed by atoms with Gasteiger partial charge in [0.25, 0.3) is 0 Å². The Labute approximate surface area is 102 Å². The fourth-order valence-corrected chi connectivity index (χ4v) is 2.73. The van der Waals surface area contributed by atoms with E-state index in [0.29, 0.717) is 0 Å². The van der Waals surface area contributed by atoms with Crippen molar-refractivity contribution in [1.82, 2.24) is 0 Å². The van der Waals surface area contributed by atoms with E-state index >= 15 is 0 Å². The summed E-state index contributed by atoms with van der Waals surface area (Å²) in [5, 5.41) is 8.95. The highest BCUT2D eigenvalue weighted by Gasteiger charge is 2.19. The highest BCUT2D eigenvalue weighted by atomic mass is 16.2. The second-order valence-electron chi connectivity index (χ2n) is 4.60. The van der Waals surface area contributed by atoms with Gasteiger partial charge in [0.2, 0.25) is 0 Å². The van der Waals surface area contributed by atoms with Crippen LogP contribution in [0, 0.1) is 0 Å². The van der Waals surface area contributed by atoms with Crippen LogP contribution in [0.5, 0.6) is 0 Å². The van der Waals surface area contributed by atoms with E-state index in [1.807, 2.05) is 0 Å². The van der Waals surface area contributed by atoms with E-state index in [-0.39, 0.29) is 6.61 Å². The van der Waals surface area contributed by atoms with E-state index in [4.69, 9.17) is 5.11 Å². The molecule has 0 aromatic heterocycles. The third-order valence-corrected chi connectivity index (χ3v) is 3.55. The van der Waals surface area contributed by atoms with Gasteiger partial charge >= 0.3 is 0 Å². The number of rotatable bonds is 3. The normalized spacial score (nSPS) is 12.3. The summed E-state index contributed by atoms with van der Waals surface area (Å²) in [5.41, 5.74) is 7.05. The number of aliphatic hydroxyl groups is 1. The first-order valence-electron chi connectivity index (χ1n) is 6.20. The Morgan fingerprint density at radius 1 is 0.941 bits per heavy atom. The van der Waals surface area contributed by atoms with Crippen molar-refractivity contribution in [2.75, 3.05) is 6.61 Å². The monoisotopic (exact) mass is 224 g/mol. The minimum Gasteiger partial charge on any atom is -0.396 e. The lowest BCUT2D eigenvalue weighted by molar-refractivity contribution is 0.288. The largest absolute Gasteiger partial charge is 0.396 e. The molecule has 1 N–H and O–H groups in total. The van der Waals surface area contributed by atoms with Crippen molar-refractivity contribution in [3.05, 3.63) is 59.2 Å². The molecular weight excluding hydrogens is 208 g/mol. The summed E-state index contributed by atoms with van der Waals surface area (Å²) in [6.07, 6.45) is 2.88. The van der Waals surface area contributed by atoms with Crippen LogP contribution in [0.3, 0.4) is 0 Å². The Morgan fingerprint density at radius 3 is 2.65 bits per heavy atom. The van der Waals surface area contributed by atoms with Gasteiger partial charge in [-0.15, -0.1) is 0 Å². The lowest BCUT2D eigenvalue weighted by Gasteiger charge is -2.07. The van der Waals surface area contributed by atoms with Crippen LogP contribution in [-0.4, -0.2) is 11.7 Å². The van der Waals surface area contributed by atoms with E-state index in [0.717, 1.165) is 19.3 Å². The first-order valence-corrected chi connectivity index (χ1v) is 6.20. The third-order valence-electron chi connectivity index (χ3n) is 3.55. The molecule has 2 aromatic rings. The van der Waals surface area contributed by atoms with Crippen molar-refractivity contribution in [2.45, 2.75) is 19.3 Å². The Morgan fingerprint density at radius 2 is 1.76 bits per heavy atom. The summed E-state index contributed by atoms with van der Waals surface area (Å²) < 4.78 is 0. The smallest absolute Gasteiger partial charge is 0.0434 e. The second-order valence-corrected chi connectivity index (χ2v) is 4.60. The third kappa shape index (κ3) is 1.77. The SMILES string of the molecule is OCCCc1cccc2c1Cc1ccccc1-2. The predicted octanol–water partition coefficient (Wildman–Crippen LogP) is 3.18. The zero-order valence-corrected chi connectivity index (χ0v) is 9.82. The maximum absolute atomic E-state index is 8.95. The second kappa shape index (κ2) is 4.34. The van der Waals surface area contributed by atoms with Gasteiger partial charge in [-0.2, -0.15) is 0 Å². The maximum Gasteiger partial charge on any atom is 0.0434 e. The Bertz CT molecular complexity index is 543. The lowest BCUT2D eigenvalue weighted by Crippen LogP contribution is -1.95. The molecule has 0 saturated carbocycles. The van der Waals surface area contributed by atoms with Gasteiger partial charge in [-0.1, -0.05) is 42.5 Å². The van der Waals surface area contributed by atoms with Crippen LogP contribution in [0.2, 0.25) is 0 Å². The standard InChI is InChI=1S/C16H16O/c17-10-4-7-12-6-3-9-15-14-8-2-1-5-13(14)11-16(12)15/h1-3,5-6,8-9,17H,4,7,10-11H2. The quantitative estimate of drug-likeness (QED) is 0.724. The van der Waals surface area contributed by atoms with Gasteiger partial charge in [-0.25, -0.2) is 0 Å². The molecule has 1 aliphatic rings. The minimum absolute atomic E-state index is 0.274. The van der Waals surface area contributed by atoms with Crippen LogP contribution in [0.15, 0.2) is 42.5 Å². The first-order chi connectivity index (χ1) is 8.40. The summed E-state index contributed by atoms with van der Waals surface area (Å²) >= 11 is 0. The molecule has 0 fully saturated rings. The highest BCUT2D eigenvalue weighted by Crippen LogP contribution is 2.38. The molecule has 86 valence electrons. The van der Waals surface area contributed by atoms with Gasteiger partial charge < -0.3 is 5.11 Å². The minimum atomic E-state index is 0.274. The van der Waals surface area contributed by atoms with Crippen LogP contribution in [0.25, 0.3) is 11.1 Å². The fourth-order valence-electron chi connectivity index (χ4n) is 2.73. The molecule has 0 spiro atoms. The van der Waals surface area contributed by atoms with Crippen molar-refractivity contribution < 1.29 is 5.11 Å². The first kappa shape index (κ1) is 10.5. The molecule has 0 heterocycles. The Hall–Kier alpha value is -1.60. The van der Waals surface area contributed by atoms with Crippen molar-refractivity contribution in [3.63, 3.8) is 0 Å². The van der Waals surface area contributed by atoms with Crippen LogP contribution in [0.1, 0.15) is 23.1 Å². The molecule has 0 saturated heterocycles. The molecule has 0 amide bonds. The molecule has 0 bridgehead atoms. The molecule has 17 heavy (non-hydrogen) atoms. The molecule has 0 radical (unpaired) electrons. The zero-order valence-electron chi connectivity index (χ0n) is 9.82. The maximum atomic E-state index is 8.95. The van der Waals surface area contributed by atoms with Gasteiger partial charge in [0, 0.05) is 6.61 Å². The van der Waals surface area contributed by atoms with Gasteiger partial charge in [0.1, 0.15) is 0 Å². The number of hydrogen-bond acceptors (Lipinski definition) is 1. The lowest BCUT2D eigenvalue weighted by atomic mass is 9.98. The van der Waals surface area contributed by atoms with Gasteiger partial charge in [0.05, 0.1) is 0 Å². The van der Waals surface area contributed by atoms with Gasteiger partial charge in [-0.05, 0) is 47.1 Å². The molecule has 3 rings (SSSR count). The molecule has 1 nitrogen and oxygen atoms in total. The van der Waals surface area contributed by atoms with Crippen LogP contribution in [-0.2, 0) is 12.8 Å². The van der Waals surface area contributed by atoms with E-state index < -0.39 is 0 Å². The zero-order chi connectivity index (χ0) is 11.7. The van der Waals surface area contributed by atoms with E-state index in [1.165, 1.54) is 27.8 Å². The summed E-state index contributed by atoms with van der Waals surface area (Å²) in [6, 6.07) is 15.2. The summed E-state index contributed by atoms with van der Waals surface area (Å²) in [5.74, 6) is 0. The van der Waals surface area contributed by atoms with Crippen molar-refractivity contribution in [2.24, 2.45) is 0 Å². The Kier molecular flexibility index (Phi) is 2.69. The number of aliphatic hydroxyl groups excluding tert-OH is 1. The number of benzene rings is 2. The number of aryl methyl sites for hydroxylation is 1. The topological polar surface area (TPSA) is 20.2 Å². The summed E-state index contributed by atoms with van der Waals surface area (Å²) in [6.45, 7) is 0.274. The molecule has 1 aliphatic carbocycles. The van der Waals surface area contributed by atoms with E-state index in [1.54, 1.807) is 0 Å². The van der Waals surface area contributed by atoms with Crippen LogP contribution in [0.4, 0.5) is 0 Å². The molecule has 2 aromatic carbocycles. The fraction of sp³-hybridized carbons (Fsp3) is 0.250. The van der Waals surface area contributed by atoms with Crippen LogP contribution < -0.4 is 0 Å². The molecule has 0 atom stereocenters. The van der Waals surface area contributed by atoms with Crippen molar-refractivity contribution in [1.29, 1.82) is 0 Å². The molecular formula is C16H16O. The van der Waals surface area contributed by atoms with Gasteiger partial charge in [-0.3, -0.25) is 0 Å². The summed E-state index contributed by atoms with van der Waals surface area (Å²) in [7, 11) is 0. The molecule has 0 aliphatic heterocycles. The van der Waals surface area contributed by atoms with E-state index in [9.17, 15) is 0 Å². The van der Waals surface area contributed by atoms with Crippen LogP contribution >= 0.6 is 0 Å². The van der Waals surface area contributed by atoms with Crippen molar-refractivity contribution in [3.8, 4) is 11.1 Å². The number of fused-ring (bicyclic) bond motifs is 3.